The third-order valence-corrected chi connectivity index (χ3v) is 4.51. The van der Waals surface area contributed by atoms with Crippen LogP contribution in [-0.2, 0) is 9.59 Å². The van der Waals surface area contributed by atoms with Crippen molar-refractivity contribution in [2.45, 2.75) is 5.92 Å². The molecule has 2 N–H and O–H groups in total. The topological polar surface area (TPSA) is 83.7 Å². The van der Waals surface area contributed by atoms with Gasteiger partial charge in [0.25, 0.3) is 5.91 Å². The number of rotatable bonds is 7. The first-order valence-corrected chi connectivity index (χ1v) is 9.66. The first-order chi connectivity index (χ1) is 13.6. The molecule has 28 heavy (non-hydrogen) atoms. The van der Waals surface area contributed by atoms with Crippen LogP contribution in [0, 0.1) is 3.77 Å². The normalized spacial score (nSPS) is 10.9. The van der Waals surface area contributed by atoms with Crippen LogP contribution in [0.1, 0.15) is 22.8 Å². The molecule has 0 fully saturated rings. The summed E-state index contributed by atoms with van der Waals surface area (Å²) < 4.78 is 6.04. The average molecular weight is 487 g/mol. The summed E-state index contributed by atoms with van der Waals surface area (Å²) in [4.78, 5) is 24.8. The largest absolute Gasteiger partial charge is 0.449 e. The Kier molecular flexibility index (Phi) is 6.96. The fraction of sp³-hybridized carbons (Fsp3) is 0.0952. The molecule has 0 spiro atoms. The predicted molar refractivity (Wildman–Crippen MR) is 115 cm³/mol. The molecule has 2 aromatic carbocycles. The van der Waals surface area contributed by atoms with Gasteiger partial charge in [-0.3, -0.25) is 9.59 Å². The van der Waals surface area contributed by atoms with Gasteiger partial charge in [0.2, 0.25) is 5.91 Å². The molecular formula is C21H18IN3O3. The van der Waals surface area contributed by atoms with Gasteiger partial charge in [0.1, 0.15) is 5.76 Å². The summed E-state index contributed by atoms with van der Waals surface area (Å²) in [5.41, 5.74) is 4.08. The molecule has 142 valence electrons. The van der Waals surface area contributed by atoms with Gasteiger partial charge in [0.05, 0.1) is 18.7 Å². The summed E-state index contributed by atoms with van der Waals surface area (Å²) >= 11 is 2.04. The molecule has 3 rings (SSSR count). The summed E-state index contributed by atoms with van der Waals surface area (Å²) in [5.74, 6) is -0.645. The Morgan fingerprint density at radius 3 is 2.11 bits per heavy atom. The number of carbonyl (C=O) groups excluding carboxylic acids is 2. The third kappa shape index (κ3) is 5.53. The fourth-order valence-electron chi connectivity index (χ4n) is 2.66. The van der Waals surface area contributed by atoms with Crippen molar-refractivity contribution in [1.82, 2.24) is 10.7 Å². The van der Waals surface area contributed by atoms with Gasteiger partial charge in [0, 0.05) is 0 Å². The molecule has 6 nitrogen and oxygen atoms in total. The molecule has 0 atom stereocenters. The number of furan rings is 1. The van der Waals surface area contributed by atoms with E-state index in [1.807, 2.05) is 83.3 Å². The standard InChI is InChI=1S/C21H18IN3O3/c22-18-12-11-17(28-18)13-24-25-19(26)14-23-21(27)20(15-7-3-1-4-8-15)16-9-5-2-6-10-16/h1-13,20H,14H2,(H,23,27)(H,25,26)/b24-13-. The quantitative estimate of drug-likeness (QED) is 0.305. The highest BCUT2D eigenvalue weighted by molar-refractivity contribution is 14.1. The molecule has 0 saturated carbocycles. The van der Waals surface area contributed by atoms with E-state index >= 15 is 0 Å². The Bertz CT molecular complexity index is 916. The van der Waals surface area contributed by atoms with Crippen molar-refractivity contribution >= 4 is 40.6 Å². The van der Waals surface area contributed by atoms with Gasteiger partial charge in [-0.2, -0.15) is 5.10 Å². The maximum atomic E-state index is 12.8. The van der Waals surface area contributed by atoms with Crippen molar-refractivity contribution in [2.75, 3.05) is 6.54 Å². The zero-order valence-electron chi connectivity index (χ0n) is 14.8. The molecule has 0 radical (unpaired) electrons. The number of hydrogen-bond donors (Lipinski definition) is 2. The maximum Gasteiger partial charge on any atom is 0.259 e. The maximum absolute atomic E-state index is 12.8. The van der Waals surface area contributed by atoms with Crippen molar-refractivity contribution in [3.8, 4) is 0 Å². The minimum atomic E-state index is -0.496. The molecule has 0 saturated heterocycles. The molecule has 0 aliphatic rings. The van der Waals surface area contributed by atoms with Gasteiger partial charge in [-0.1, -0.05) is 60.7 Å². The molecule has 1 aromatic heterocycles. The van der Waals surface area contributed by atoms with Crippen molar-refractivity contribution in [1.29, 1.82) is 0 Å². The number of nitrogens with zero attached hydrogens (tertiary/aromatic N) is 1. The monoisotopic (exact) mass is 487 g/mol. The lowest BCUT2D eigenvalue weighted by Crippen LogP contribution is -2.37. The van der Waals surface area contributed by atoms with Crippen LogP contribution in [0.2, 0.25) is 0 Å². The minimum absolute atomic E-state index is 0.179. The van der Waals surface area contributed by atoms with E-state index < -0.39 is 11.8 Å². The summed E-state index contributed by atoms with van der Waals surface area (Å²) in [6.07, 6.45) is 1.40. The van der Waals surface area contributed by atoms with Crippen molar-refractivity contribution in [2.24, 2.45) is 5.10 Å². The summed E-state index contributed by atoms with van der Waals surface area (Å²) in [5, 5.41) is 6.50. The lowest BCUT2D eigenvalue weighted by molar-refractivity contribution is -0.126. The Labute approximate surface area is 176 Å². The van der Waals surface area contributed by atoms with E-state index in [4.69, 9.17) is 4.42 Å². The highest BCUT2D eigenvalue weighted by Crippen LogP contribution is 2.24. The van der Waals surface area contributed by atoms with E-state index in [0.29, 0.717) is 5.76 Å². The highest BCUT2D eigenvalue weighted by Gasteiger charge is 2.22. The van der Waals surface area contributed by atoms with Gasteiger partial charge >= 0.3 is 0 Å². The van der Waals surface area contributed by atoms with Crippen LogP contribution < -0.4 is 10.7 Å². The first-order valence-electron chi connectivity index (χ1n) is 8.58. The van der Waals surface area contributed by atoms with Crippen molar-refractivity contribution < 1.29 is 14.0 Å². The fourth-order valence-corrected chi connectivity index (χ4v) is 3.09. The Morgan fingerprint density at radius 1 is 0.964 bits per heavy atom. The van der Waals surface area contributed by atoms with Crippen LogP contribution >= 0.6 is 22.6 Å². The summed E-state index contributed by atoms with van der Waals surface area (Å²) in [7, 11) is 0. The smallest absolute Gasteiger partial charge is 0.259 e. The average Bonchev–Trinajstić information content (AvgIpc) is 3.13. The number of halogens is 1. The lowest BCUT2D eigenvalue weighted by Gasteiger charge is -2.17. The lowest BCUT2D eigenvalue weighted by atomic mass is 9.90. The van der Waals surface area contributed by atoms with E-state index in [0.717, 1.165) is 14.9 Å². The second kappa shape index (κ2) is 9.84. The Hall–Kier alpha value is -2.94. The summed E-state index contributed by atoms with van der Waals surface area (Å²) in [6.45, 7) is -0.179. The summed E-state index contributed by atoms with van der Waals surface area (Å²) in [6, 6.07) is 22.4. The van der Waals surface area contributed by atoms with Crippen LogP contribution in [0.25, 0.3) is 0 Å². The van der Waals surface area contributed by atoms with Crippen molar-refractivity contribution in [3.05, 3.63) is 93.5 Å². The molecule has 0 bridgehead atoms. The van der Waals surface area contributed by atoms with Crippen LogP contribution in [0.3, 0.4) is 0 Å². The number of carbonyl (C=O) groups is 2. The number of hydrazone groups is 1. The third-order valence-electron chi connectivity index (χ3n) is 3.93. The molecule has 0 unspecified atom stereocenters. The SMILES string of the molecule is O=C(CNC(=O)C(c1ccccc1)c1ccccc1)N/N=C\c1ccc(I)o1. The number of benzene rings is 2. The van der Waals surface area contributed by atoms with E-state index in [1.165, 1.54) is 6.21 Å². The van der Waals surface area contributed by atoms with E-state index in [1.54, 1.807) is 12.1 Å². The molecule has 2 amide bonds. The molecule has 0 aliphatic carbocycles. The number of nitrogens with one attached hydrogen (secondary N) is 2. The zero-order chi connectivity index (χ0) is 19.8. The predicted octanol–water partition coefficient (Wildman–Crippen LogP) is 3.28. The van der Waals surface area contributed by atoms with Crippen LogP contribution in [0.4, 0.5) is 0 Å². The minimum Gasteiger partial charge on any atom is -0.449 e. The molecular weight excluding hydrogens is 469 g/mol. The zero-order valence-corrected chi connectivity index (χ0v) is 17.0. The molecule has 7 heteroatoms. The highest BCUT2D eigenvalue weighted by atomic mass is 127. The van der Waals surface area contributed by atoms with Gasteiger partial charge in [-0.25, -0.2) is 5.43 Å². The number of amides is 2. The Balaban J connectivity index is 1.61. The van der Waals surface area contributed by atoms with Gasteiger partial charge in [-0.15, -0.1) is 0 Å². The second-order valence-corrected chi connectivity index (χ2v) is 6.97. The van der Waals surface area contributed by atoms with Crippen LogP contribution in [0.5, 0.6) is 0 Å². The molecule has 0 aliphatic heterocycles. The van der Waals surface area contributed by atoms with Crippen LogP contribution in [-0.4, -0.2) is 24.6 Å². The van der Waals surface area contributed by atoms with Gasteiger partial charge < -0.3 is 9.73 Å². The van der Waals surface area contributed by atoms with E-state index in [-0.39, 0.29) is 12.5 Å². The van der Waals surface area contributed by atoms with Gasteiger partial charge in [-0.05, 0) is 45.9 Å². The van der Waals surface area contributed by atoms with Crippen LogP contribution in [0.15, 0.2) is 82.3 Å². The molecule has 3 aromatic rings. The first kappa shape index (κ1) is 19.8. The van der Waals surface area contributed by atoms with E-state index in [2.05, 4.69) is 15.8 Å². The van der Waals surface area contributed by atoms with E-state index in [9.17, 15) is 9.59 Å². The van der Waals surface area contributed by atoms with Crippen molar-refractivity contribution in [3.63, 3.8) is 0 Å². The Morgan fingerprint density at radius 2 is 1.57 bits per heavy atom. The van der Waals surface area contributed by atoms with Gasteiger partial charge in [0.15, 0.2) is 3.77 Å². The second-order valence-electron chi connectivity index (χ2n) is 5.91. The molecule has 1 heterocycles. The number of hydrogen-bond acceptors (Lipinski definition) is 4.